The van der Waals surface area contributed by atoms with Gasteiger partial charge in [0.25, 0.3) is 0 Å². The Morgan fingerprint density at radius 3 is 3.27 bits per heavy atom. The molecule has 0 aromatic carbocycles. The molecule has 15 heavy (non-hydrogen) atoms. The Morgan fingerprint density at radius 1 is 1.60 bits per heavy atom. The largest absolute Gasteiger partial charge is 0.456 e. The summed E-state index contributed by atoms with van der Waals surface area (Å²) in [6, 6.07) is 3.88. The fraction of sp³-hybridized carbons (Fsp3) is 0.0833. The molecule has 2 aromatic heterocycles. The van der Waals surface area contributed by atoms with Crippen molar-refractivity contribution in [2.24, 2.45) is 0 Å². The first kappa shape index (κ1) is 9.52. The van der Waals surface area contributed by atoms with E-state index in [4.69, 9.17) is 4.74 Å². The van der Waals surface area contributed by atoms with Crippen LogP contribution < -0.4 is 4.74 Å². The SMILES string of the molecule is C=C(/C=C/C)Oc1cnc2[nH]ccc2c1. The zero-order chi connectivity index (χ0) is 10.7. The van der Waals surface area contributed by atoms with Gasteiger partial charge in [-0.1, -0.05) is 12.7 Å². The number of rotatable bonds is 3. The number of aromatic amines is 1. The van der Waals surface area contributed by atoms with E-state index < -0.39 is 0 Å². The Labute approximate surface area is 88.1 Å². The highest BCUT2D eigenvalue weighted by molar-refractivity contribution is 5.76. The van der Waals surface area contributed by atoms with Crippen molar-refractivity contribution in [3.8, 4) is 5.75 Å². The molecule has 76 valence electrons. The van der Waals surface area contributed by atoms with E-state index >= 15 is 0 Å². The lowest BCUT2D eigenvalue weighted by atomic mass is 10.3. The lowest BCUT2D eigenvalue weighted by molar-refractivity contribution is 0.445. The Hall–Kier alpha value is -2.03. The minimum Gasteiger partial charge on any atom is -0.456 e. The van der Waals surface area contributed by atoms with Gasteiger partial charge in [-0.15, -0.1) is 0 Å². The molecule has 2 rings (SSSR count). The number of aromatic nitrogens is 2. The van der Waals surface area contributed by atoms with Gasteiger partial charge in [0.05, 0.1) is 6.20 Å². The van der Waals surface area contributed by atoms with Gasteiger partial charge in [0.1, 0.15) is 17.2 Å². The average molecular weight is 200 g/mol. The van der Waals surface area contributed by atoms with Crippen molar-refractivity contribution in [2.75, 3.05) is 0 Å². The van der Waals surface area contributed by atoms with Crippen molar-refractivity contribution in [3.05, 3.63) is 49.0 Å². The van der Waals surface area contributed by atoms with E-state index in [0.29, 0.717) is 11.5 Å². The fourth-order valence-electron chi connectivity index (χ4n) is 1.35. The molecule has 0 unspecified atom stereocenters. The van der Waals surface area contributed by atoms with Crippen LogP contribution in [0.4, 0.5) is 0 Å². The molecule has 0 saturated carbocycles. The van der Waals surface area contributed by atoms with Crippen LogP contribution in [0.5, 0.6) is 5.75 Å². The molecule has 0 fully saturated rings. The first-order valence-electron chi connectivity index (χ1n) is 4.72. The minimum absolute atomic E-state index is 0.606. The molecular formula is C12H12N2O. The maximum atomic E-state index is 5.47. The van der Waals surface area contributed by atoms with E-state index in [2.05, 4.69) is 16.5 Å². The molecule has 3 nitrogen and oxygen atoms in total. The zero-order valence-corrected chi connectivity index (χ0v) is 8.53. The van der Waals surface area contributed by atoms with Crippen LogP contribution in [0.2, 0.25) is 0 Å². The molecule has 2 heterocycles. The second-order valence-electron chi connectivity index (χ2n) is 3.15. The van der Waals surface area contributed by atoms with Crippen molar-refractivity contribution < 1.29 is 4.74 Å². The molecule has 0 amide bonds. The van der Waals surface area contributed by atoms with Gasteiger partial charge in [0.2, 0.25) is 0 Å². The highest BCUT2D eigenvalue weighted by atomic mass is 16.5. The molecule has 3 heteroatoms. The fourth-order valence-corrected chi connectivity index (χ4v) is 1.35. The quantitative estimate of drug-likeness (QED) is 0.610. The molecule has 0 aliphatic carbocycles. The predicted octanol–water partition coefficient (Wildman–Crippen LogP) is 3.03. The summed E-state index contributed by atoms with van der Waals surface area (Å²) in [7, 11) is 0. The Balaban J connectivity index is 2.24. The van der Waals surface area contributed by atoms with Gasteiger partial charge in [-0.05, 0) is 25.1 Å². The maximum Gasteiger partial charge on any atom is 0.146 e. The Kier molecular flexibility index (Phi) is 2.54. The van der Waals surface area contributed by atoms with Crippen molar-refractivity contribution >= 4 is 11.0 Å². The maximum absolute atomic E-state index is 5.47. The third-order valence-electron chi connectivity index (χ3n) is 1.98. The van der Waals surface area contributed by atoms with Gasteiger partial charge < -0.3 is 9.72 Å². The number of nitrogens with one attached hydrogen (secondary N) is 1. The summed E-state index contributed by atoms with van der Waals surface area (Å²) in [5, 5.41) is 1.03. The molecule has 0 saturated heterocycles. The van der Waals surface area contributed by atoms with Crippen LogP contribution in [-0.4, -0.2) is 9.97 Å². The van der Waals surface area contributed by atoms with Crippen LogP contribution in [0.15, 0.2) is 49.0 Å². The molecule has 0 aliphatic rings. The molecule has 2 aromatic rings. The normalized spacial score (nSPS) is 11.0. The summed E-state index contributed by atoms with van der Waals surface area (Å²) in [5.74, 6) is 1.30. The van der Waals surface area contributed by atoms with Gasteiger partial charge in [-0.2, -0.15) is 0 Å². The smallest absolute Gasteiger partial charge is 0.146 e. The first-order valence-corrected chi connectivity index (χ1v) is 4.72. The van der Waals surface area contributed by atoms with E-state index in [1.807, 2.05) is 31.3 Å². The van der Waals surface area contributed by atoms with E-state index in [1.54, 1.807) is 12.3 Å². The predicted molar refractivity (Wildman–Crippen MR) is 60.7 cm³/mol. The van der Waals surface area contributed by atoms with Gasteiger partial charge >= 0.3 is 0 Å². The number of H-pyrrole nitrogens is 1. The highest BCUT2D eigenvalue weighted by Crippen LogP contribution is 2.18. The number of hydrogen-bond acceptors (Lipinski definition) is 2. The number of hydrogen-bond donors (Lipinski definition) is 1. The van der Waals surface area contributed by atoms with Gasteiger partial charge in [0.15, 0.2) is 0 Å². The van der Waals surface area contributed by atoms with Crippen molar-refractivity contribution in [2.45, 2.75) is 6.92 Å². The lowest BCUT2D eigenvalue weighted by Gasteiger charge is -2.03. The van der Waals surface area contributed by atoms with Gasteiger partial charge in [-0.25, -0.2) is 4.98 Å². The number of ether oxygens (including phenoxy) is 1. The van der Waals surface area contributed by atoms with E-state index in [1.165, 1.54) is 0 Å². The summed E-state index contributed by atoms with van der Waals surface area (Å²) in [6.07, 6.45) is 7.21. The van der Waals surface area contributed by atoms with Crippen molar-refractivity contribution in [1.82, 2.24) is 9.97 Å². The number of nitrogens with zero attached hydrogens (tertiary/aromatic N) is 1. The van der Waals surface area contributed by atoms with Crippen LogP contribution in [0.1, 0.15) is 6.92 Å². The minimum atomic E-state index is 0.606. The average Bonchev–Trinajstić information content (AvgIpc) is 2.65. The zero-order valence-electron chi connectivity index (χ0n) is 8.53. The second-order valence-corrected chi connectivity index (χ2v) is 3.15. The third kappa shape index (κ3) is 2.07. The molecule has 0 bridgehead atoms. The molecule has 0 atom stereocenters. The second kappa shape index (κ2) is 4.00. The third-order valence-corrected chi connectivity index (χ3v) is 1.98. The topological polar surface area (TPSA) is 37.9 Å². The standard InChI is InChI=1S/C12H12N2O/c1-3-4-9(2)15-11-7-10-5-6-13-12(10)14-8-11/h3-8H,2H2,1H3,(H,13,14)/b4-3+. The summed E-state index contributed by atoms with van der Waals surface area (Å²) in [4.78, 5) is 7.23. The van der Waals surface area contributed by atoms with Crippen molar-refractivity contribution in [3.63, 3.8) is 0 Å². The van der Waals surface area contributed by atoms with Crippen LogP contribution in [-0.2, 0) is 0 Å². The number of fused-ring (bicyclic) bond motifs is 1. The number of allylic oxidation sites excluding steroid dienone is 2. The highest BCUT2D eigenvalue weighted by Gasteiger charge is 1.99. The first-order chi connectivity index (χ1) is 7.29. The summed E-state index contributed by atoms with van der Waals surface area (Å²) < 4.78 is 5.47. The van der Waals surface area contributed by atoms with Crippen LogP contribution in [0, 0.1) is 0 Å². The van der Waals surface area contributed by atoms with Crippen LogP contribution in [0.3, 0.4) is 0 Å². The molecular weight excluding hydrogens is 188 g/mol. The molecule has 0 spiro atoms. The summed E-state index contributed by atoms with van der Waals surface area (Å²) >= 11 is 0. The summed E-state index contributed by atoms with van der Waals surface area (Å²) in [5.41, 5.74) is 0.860. The lowest BCUT2D eigenvalue weighted by Crippen LogP contribution is -1.90. The van der Waals surface area contributed by atoms with Crippen LogP contribution >= 0.6 is 0 Å². The summed E-state index contributed by atoms with van der Waals surface area (Å²) in [6.45, 7) is 5.68. The molecule has 1 N–H and O–H groups in total. The van der Waals surface area contributed by atoms with Crippen LogP contribution in [0.25, 0.3) is 11.0 Å². The molecule has 0 radical (unpaired) electrons. The van der Waals surface area contributed by atoms with E-state index in [-0.39, 0.29) is 0 Å². The van der Waals surface area contributed by atoms with Gasteiger partial charge in [-0.3, -0.25) is 0 Å². The molecule has 0 aliphatic heterocycles. The van der Waals surface area contributed by atoms with E-state index in [9.17, 15) is 0 Å². The Morgan fingerprint density at radius 2 is 2.47 bits per heavy atom. The van der Waals surface area contributed by atoms with Gasteiger partial charge in [0, 0.05) is 11.6 Å². The van der Waals surface area contributed by atoms with Crippen molar-refractivity contribution in [1.29, 1.82) is 0 Å². The number of pyridine rings is 1. The Bertz CT molecular complexity index is 511. The monoisotopic (exact) mass is 200 g/mol. The van der Waals surface area contributed by atoms with E-state index in [0.717, 1.165) is 11.0 Å².